The lowest BCUT2D eigenvalue weighted by atomic mass is 9.90. The highest BCUT2D eigenvalue weighted by molar-refractivity contribution is 7.13. The fourth-order valence-corrected chi connectivity index (χ4v) is 6.32. The number of para-hydroxylation sites is 1. The standard InChI is InChI=1S/C26H33F2N3OS/c1-17-13-20-19-7-4-5-8-21(19)29-24(20)25(31(17)16-26(2,3)28)22-9-10-23(33-22)32-18-14-30(15-18)12-6-11-27/h4-5,7-10,17-18,25,29H,6,11-16H2,1-3H3/t17-,25-/m1/s1. The van der Waals surface area contributed by atoms with Gasteiger partial charge in [-0.3, -0.25) is 14.2 Å². The first-order chi connectivity index (χ1) is 15.8. The van der Waals surface area contributed by atoms with Gasteiger partial charge in [0.25, 0.3) is 0 Å². The molecule has 0 bridgehead atoms. The van der Waals surface area contributed by atoms with Crippen LogP contribution in [-0.2, 0) is 6.42 Å². The lowest BCUT2D eigenvalue weighted by molar-refractivity contribution is 0.0208. The Hall–Kier alpha value is -1.96. The Morgan fingerprint density at radius 2 is 1.97 bits per heavy atom. The van der Waals surface area contributed by atoms with E-state index < -0.39 is 5.67 Å². The Morgan fingerprint density at radius 1 is 1.18 bits per heavy atom. The van der Waals surface area contributed by atoms with Crippen molar-refractivity contribution in [2.75, 3.05) is 32.9 Å². The maximum absolute atomic E-state index is 14.9. The van der Waals surface area contributed by atoms with Gasteiger partial charge in [0.1, 0.15) is 11.8 Å². The van der Waals surface area contributed by atoms with Crippen molar-refractivity contribution in [2.24, 2.45) is 0 Å². The van der Waals surface area contributed by atoms with Gasteiger partial charge in [-0.25, -0.2) is 4.39 Å². The minimum atomic E-state index is -1.29. The first kappa shape index (κ1) is 22.8. The number of hydrogen-bond acceptors (Lipinski definition) is 4. The zero-order chi connectivity index (χ0) is 23.2. The Kier molecular flexibility index (Phi) is 6.23. The van der Waals surface area contributed by atoms with Crippen molar-refractivity contribution in [3.05, 3.63) is 52.5 Å². The predicted molar refractivity (Wildman–Crippen MR) is 131 cm³/mol. The Bertz CT molecular complexity index is 1100. The summed E-state index contributed by atoms with van der Waals surface area (Å²) in [4.78, 5) is 9.36. The van der Waals surface area contributed by atoms with Gasteiger partial charge in [0.15, 0.2) is 5.06 Å². The van der Waals surface area contributed by atoms with Gasteiger partial charge in [-0.05, 0) is 57.4 Å². The van der Waals surface area contributed by atoms with Crippen LogP contribution in [0.1, 0.15) is 49.4 Å². The summed E-state index contributed by atoms with van der Waals surface area (Å²) >= 11 is 1.66. The number of rotatable bonds is 8. The SMILES string of the molecule is C[C@@H]1Cc2c([nH]c3ccccc23)[C@@H](c2ccc(OC3CN(CCCF)C3)s2)N1CC(C)(C)F. The van der Waals surface area contributed by atoms with Crippen molar-refractivity contribution in [3.63, 3.8) is 0 Å². The normalized spacial score (nSPS) is 22.5. The molecule has 0 aliphatic carbocycles. The minimum absolute atomic E-state index is 0.0315. The Morgan fingerprint density at radius 3 is 2.73 bits per heavy atom. The van der Waals surface area contributed by atoms with Crippen LogP contribution < -0.4 is 4.74 Å². The third-order valence-electron chi connectivity index (χ3n) is 6.76. The molecular weight excluding hydrogens is 440 g/mol. The third kappa shape index (κ3) is 4.68. The van der Waals surface area contributed by atoms with Crippen LogP contribution in [-0.4, -0.2) is 65.5 Å². The first-order valence-corrected chi connectivity index (χ1v) is 12.7. The van der Waals surface area contributed by atoms with E-state index in [0.29, 0.717) is 13.0 Å². The molecule has 0 radical (unpaired) electrons. The average molecular weight is 474 g/mol. The minimum Gasteiger partial charge on any atom is -0.478 e. The van der Waals surface area contributed by atoms with Gasteiger partial charge in [0, 0.05) is 53.7 Å². The molecule has 0 saturated carbocycles. The van der Waals surface area contributed by atoms with E-state index in [9.17, 15) is 8.78 Å². The smallest absolute Gasteiger partial charge is 0.174 e. The molecule has 0 spiro atoms. The van der Waals surface area contributed by atoms with Crippen molar-refractivity contribution in [2.45, 2.75) is 57.5 Å². The molecule has 1 saturated heterocycles. The molecule has 2 aliphatic rings. The second-order valence-corrected chi connectivity index (χ2v) is 11.2. The number of alkyl halides is 2. The number of H-pyrrole nitrogens is 1. The molecule has 3 aromatic rings. The Labute approximate surface area is 198 Å². The molecule has 0 amide bonds. The van der Waals surface area contributed by atoms with Gasteiger partial charge in [-0.15, -0.1) is 11.3 Å². The molecule has 2 aliphatic heterocycles. The molecule has 178 valence electrons. The zero-order valence-electron chi connectivity index (χ0n) is 19.6. The van der Waals surface area contributed by atoms with Crippen LogP contribution in [0.4, 0.5) is 8.78 Å². The van der Waals surface area contributed by atoms with E-state index in [1.807, 2.05) is 6.07 Å². The highest BCUT2D eigenvalue weighted by Crippen LogP contribution is 2.44. The summed E-state index contributed by atoms with van der Waals surface area (Å²) in [5.74, 6) is 0. The van der Waals surface area contributed by atoms with Crippen LogP contribution >= 0.6 is 11.3 Å². The van der Waals surface area contributed by atoms with E-state index in [4.69, 9.17) is 4.74 Å². The molecule has 4 nitrogen and oxygen atoms in total. The lowest BCUT2D eigenvalue weighted by Gasteiger charge is -2.42. The molecule has 0 unspecified atom stereocenters. The second-order valence-electron chi connectivity index (χ2n) is 10.1. The summed E-state index contributed by atoms with van der Waals surface area (Å²) in [6.07, 6.45) is 1.65. The topological polar surface area (TPSA) is 31.5 Å². The van der Waals surface area contributed by atoms with Crippen molar-refractivity contribution in [1.29, 1.82) is 0 Å². The summed E-state index contributed by atoms with van der Waals surface area (Å²) in [5.41, 5.74) is 2.36. The van der Waals surface area contributed by atoms with E-state index in [-0.39, 0.29) is 24.9 Å². The second kappa shape index (κ2) is 9.01. The fourth-order valence-electron chi connectivity index (χ4n) is 5.27. The van der Waals surface area contributed by atoms with Crippen molar-refractivity contribution in [3.8, 4) is 5.06 Å². The summed E-state index contributed by atoms with van der Waals surface area (Å²) in [7, 11) is 0. The van der Waals surface area contributed by atoms with Crippen LogP contribution in [0.2, 0.25) is 0 Å². The fraction of sp³-hybridized carbons (Fsp3) is 0.538. The van der Waals surface area contributed by atoms with Crippen LogP contribution in [0.5, 0.6) is 5.06 Å². The number of aromatic nitrogens is 1. The molecule has 7 heteroatoms. The molecule has 2 atom stereocenters. The van der Waals surface area contributed by atoms with Crippen LogP contribution in [0.15, 0.2) is 36.4 Å². The number of ether oxygens (including phenoxy) is 1. The molecule has 1 fully saturated rings. The number of hydrogen-bond donors (Lipinski definition) is 1. The number of thiophene rings is 1. The highest BCUT2D eigenvalue weighted by atomic mass is 32.1. The largest absolute Gasteiger partial charge is 0.478 e. The number of nitrogens with one attached hydrogen (secondary N) is 1. The van der Waals surface area contributed by atoms with E-state index in [0.717, 1.165) is 36.6 Å². The van der Waals surface area contributed by atoms with Gasteiger partial charge in [0.2, 0.25) is 0 Å². The zero-order valence-corrected chi connectivity index (χ0v) is 20.4. The van der Waals surface area contributed by atoms with Gasteiger partial charge in [-0.2, -0.15) is 0 Å². The van der Waals surface area contributed by atoms with Gasteiger partial charge in [0.05, 0.1) is 12.7 Å². The van der Waals surface area contributed by atoms with Crippen LogP contribution in [0.3, 0.4) is 0 Å². The van der Waals surface area contributed by atoms with Crippen LogP contribution in [0, 0.1) is 0 Å². The third-order valence-corrected chi connectivity index (χ3v) is 7.79. The molecule has 1 N–H and O–H groups in total. The summed E-state index contributed by atoms with van der Waals surface area (Å²) < 4.78 is 33.5. The van der Waals surface area contributed by atoms with E-state index in [1.54, 1.807) is 25.2 Å². The summed E-state index contributed by atoms with van der Waals surface area (Å²) in [6, 6.07) is 12.8. The van der Waals surface area contributed by atoms with Crippen molar-refractivity contribution >= 4 is 22.2 Å². The van der Waals surface area contributed by atoms with E-state index in [1.165, 1.54) is 21.5 Å². The maximum atomic E-state index is 14.9. The summed E-state index contributed by atoms with van der Waals surface area (Å²) in [6.45, 7) is 8.12. The number of aromatic amines is 1. The van der Waals surface area contributed by atoms with Crippen molar-refractivity contribution in [1.82, 2.24) is 14.8 Å². The van der Waals surface area contributed by atoms with Gasteiger partial charge < -0.3 is 9.72 Å². The highest BCUT2D eigenvalue weighted by Gasteiger charge is 2.39. The van der Waals surface area contributed by atoms with E-state index >= 15 is 0 Å². The number of halogens is 2. The summed E-state index contributed by atoms with van der Waals surface area (Å²) in [5, 5.41) is 2.16. The van der Waals surface area contributed by atoms with Gasteiger partial charge >= 0.3 is 0 Å². The number of nitrogens with zero attached hydrogens (tertiary/aromatic N) is 2. The molecule has 5 rings (SSSR count). The molecule has 1 aromatic carbocycles. The Balaban J connectivity index is 1.42. The molecule has 33 heavy (non-hydrogen) atoms. The number of benzene rings is 1. The van der Waals surface area contributed by atoms with E-state index in [2.05, 4.69) is 52.0 Å². The molecule has 4 heterocycles. The lowest BCUT2D eigenvalue weighted by Crippen LogP contribution is -2.53. The predicted octanol–water partition coefficient (Wildman–Crippen LogP) is 5.74. The molecular formula is C26H33F2N3OS. The van der Waals surface area contributed by atoms with Crippen molar-refractivity contribution < 1.29 is 13.5 Å². The van der Waals surface area contributed by atoms with Crippen LogP contribution in [0.25, 0.3) is 10.9 Å². The first-order valence-electron chi connectivity index (χ1n) is 11.9. The molecule has 2 aromatic heterocycles. The maximum Gasteiger partial charge on any atom is 0.174 e. The monoisotopic (exact) mass is 473 g/mol. The number of likely N-dealkylation sites (tertiary alicyclic amines) is 1. The number of fused-ring (bicyclic) bond motifs is 3. The average Bonchev–Trinajstić information content (AvgIpc) is 3.34. The quantitative estimate of drug-likeness (QED) is 0.453. The van der Waals surface area contributed by atoms with Gasteiger partial charge in [-0.1, -0.05) is 18.2 Å².